The Labute approximate surface area is 199 Å². The summed E-state index contributed by atoms with van der Waals surface area (Å²) in [6, 6.07) is -3.83. The van der Waals surface area contributed by atoms with Crippen molar-refractivity contribution in [1.82, 2.24) is 16.0 Å². The normalized spacial score (nSPS) is 14.1. The molecule has 0 saturated carbocycles. The highest BCUT2D eigenvalue weighted by Gasteiger charge is 2.28. The Morgan fingerprint density at radius 3 is 2.09 bits per heavy atom. The molecule has 0 aliphatic carbocycles. The number of hydrogen-bond acceptors (Lipinski definition) is 9. The van der Waals surface area contributed by atoms with Crippen LogP contribution in [0, 0.1) is 5.92 Å². The number of carbonyl (C=O) groups excluding carboxylic acids is 4. The third-order valence-electron chi connectivity index (χ3n) is 4.60. The van der Waals surface area contributed by atoms with Crippen molar-refractivity contribution in [3.05, 3.63) is 0 Å². The summed E-state index contributed by atoms with van der Waals surface area (Å²) in [6.45, 7) is 2.60. The number of nitrogens with two attached hydrogens (primary N) is 1. The quantitative estimate of drug-likeness (QED) is 0.104. The Hall–Kier alpha value is -3.20. The molecular formula is C19H30N4O10S. The number of carboxylic acids is 3. The number of carboxylic acid groups (broad SMARTS) is 3. The second-order valence-electron chi connectivity index (χ2n) is 7.33. The first-order valence-electron chi connectivity index (χ1n) is 10.2. The van der Waals surface area contributed by atoms with Gasteiger partial charge >= 0.3 is 17.9 Å². The van der Waals surface area contributed by atoms with E-state index in [0.29, 0.717) is 6.42 Å². The van der Waals surface area contributed by atoms with Crippen LogP contribution in [0.3, 0.4) is 0 Å². The molecule has 192 valence electrons. The van der Waals surface area contributed by atoms with Crippen molar-refractivity contribution in [2.45, 2.75) is 51.2 Å². The molecule has 34 heavy (non-hydrogen) atoms. The Morgan fingerprint density at radius 2 is 1.59 bits per heavy atom. The lowest BCUT2D eigenvalue weighted by Gasteiger charge is -2.20. The number of aliphatic carboxylic acids is 3. The van der Waals surface area contributed by atoms with Gasteiger partial charge in [-0.15, -0.1) is 0 Å². The number of amides is 3. The maximum Gasteiger partial charge on any atom is 0.326 e. The van der Waals surface area contributed by atoms with Gasteiger partial charge in [-0.1, -0.05) is 20.3 Å². The van der Waals surface area contributed by atoms with Crippen molar-refractivity contribution >= 4 is 53.2 Å². The first-order valence-corrected chi connectivity index (χ1v) is 11.4. The van der Waals surface area contributed by atoms with Gasteiger partial charge < -0.3 is 37.0 Å². The van der Waals surface area contributed by atoms with Crippen molar-refractivity contribution in [2.75, 3.05) is 18.1 Å². The molecule has 0 heterocycles. The number of thioether (sulfide) groups is 1. The van der Waals surface area contributed by atoms with Gasteiger partial charge in [-0.3, -0.25) is 28.8 Å². The lowest BCUT2D eigenvalue weighted by Crippen LogP contribution is -2.50. The highest BCUT2D eigenvalue weighted by molar-refractivity contribution is 8.00. The largest absolute Gasteiger partial charge is 0.480 e. The summed E-state index contributed by atoms with van der Waals surface area (Å²) in [7, 11) is 0. The Kier molecular flexibility index (Phi) is 14.1. The molecule has 0 saturated heterocycles. The summed E-state index contributed by atoms with van der Waals surface area (Å²) < 4.78 is 0. The van der Waals surface area contributed by atoms with E-state index < -0.39 is 77.8 Å². The fourth-order valence-electron chi connectivity index (χ4n) is 2.39. The number of Topliss-reactive ketones (excluding diaryl/α,β-unsaturated/α-hetero) is 1. The van der Waals surface area contributed by atoms with Crippen LogP contribution >= 0.6 is 11.8 Å². The standard InChI is InChI=1S/C19H30N4O10S/c1-3-9(2)15(19(32)33)23-17(29)12(24)8-34-7-11(16(28)21-6-14(26)27)22-13(25)5-4-10(20)18(30)31/h9-11,15H,3-8,20H2,1-2H3,(H,21,28)(H,22,25)(H,23,29)(H,26,27)(H,30,31)(H,32,33). The second kappa shape index (κ2) is 15.6. The van der Waals surface area contributed by atoms with Gasteiger partial charge in [0.25, 0.3) is 5.91 Å². The molecule has 15 heteroatoms. The van der Waals surface area contributed by atoms with E-state index in [4.69, 9.17) is 15.9 Å². The minimum atomic E-state index is -1.33. The van der Waals surface area contributed by atoms with Crippen LogP contribution in [-0.4, -0.2) is 92.9 Å². The molecule has 8 N–H and O–H groups in total. The molecular weight excluding hydrogens is 476 g/mol. The van der Waals surface area contributed by atoms with Crippen LogP contribution < -0.4 is 21.7 Å². The molecule has 0 aliphatic rings. The summed E-state index contributed by atoms with van der Waals surface area (Å²) in [4.78, 5) is 81.1. The van der Waals surface area contributed by atoms with E-state index >= 15 is 0 Å². The van der Waals surface area contributed by atoms with Crippen LogP contribution in [0.2, 0.25) is 0 Å². The van der Waals surface area contributed by atoms with Crippen LogP contribution in [0.25, 0.3) is 0 Å². The highest BCUT2D eigenvalue weighted by Crippen LogP contribution is 2.09. The monoisotopic (exact) mass is 506 g/mol. The molecule has 0 rings (SSSR count). The molecule has 0 aromatic heterocycles. The van der Waals surface area contributed by atoms with Gasteiger partial charge in [0.15, 0.2) is 0 Å². The van der Waals surface area contributed by atoms with Crippen LogP contribution in [0.5, 0.6) is 0 Å². The Morgan fingerprint density at radius 1 is 0.971 bits per heavy atom. The molecule has 3 amide bonds. The predicted octanol–water partition coefficient (Wildman–Crippen LogP) is -2.22. The minimum Gasteiger partial charge on any atom is -0.480 e. The van der Waals surface area contributed by atoms with Crippen LogP contribution in [-0.2, 0) is 33.6 Å². The first-order chi connectivity index (χ1) is 15.8. The number of ketones is 1. The lowest BCUT2D eigenvalue weighted by molar-refractivity contribution is -0.145. The molecule has 4 unspecified atom stereocenters. The molecule has 0 radical (unpaired) electrons. The summed E-state index contributed by atoms with van der Waals surface area (Å²) in [6.07, 6.45) is -0.0872. The zero-order chi connectivity index (χ0) is 26.4. The highest BCUT2D eigenvalue weighted by atomic mass is 32.2. The topological polar surface area (TPSA) is 242 Å². The number of nitrogens with one attached hydrogen (secondary N) is 3. The van der Waals surface area contributed by atoms with E-state index in [2.05, 4.69) is 16.0 Å². The smallest absolute Gasteiger partial charge is 0.326 e. The minimum absolute atomic E-state index is 0.211. The van der Waals surface area contributed by atoms with Crippen LogP contribution in [0.1, 0.15) is 33.1 Å². The van der Waals surface area contributed by atoms with Gasteiger partial charge in [-0.05, 0) is 12.3 Å². The first kappa shape index (κ1) is 30.8. The molecule has 0 aromatic rings. The van der Waals surface area contributed by atoms with Gasteiger partial charge in [0.05, 0.1) is 5.75 Å². The van der Waals surface area contributed by atoms with Crippen molar-refractivity contribution in [3.63, 3.8) is 0 Å². The van der Waals surface area contributed by atoms with E-state index in [1.807, 2.05) is 0 Å². The maximum absolute atomic E-state index is 12.2. The Bertz CT molecular complexity index is 791. The van der Waals surface area contributed by atoms with E-state index in [-0.39, 0.29) is 18.6 Å². The lowest BCUT2D eigenvalue weighted by atomic mass is 9.99. The van der Waals surface area contributed by atoms with Gasteiger partial charge in [0.2, 0.25) is 17.6 Å². The number of rotatable bonds is 17. The summed E-state index contributed by atoms with van der Waals surface area (Å²) in [5.74, 6) is -8.69. The SMILES string of the molecule is CCC(C)C(NC(=O)C(=O)CSCC(NC(=O)CCC(N)C(=O)O)C(=O)NCC(=O)O)C(=O)O. The zero-order valence-electron chi connectivity index (χ0n) is 18.7. The third kappa shape index (κ3) is 12.2. The summed E-state index contributed by atoms with van der Waals surface area (Å²) in [5, 5.41) is 33.2. The number of hydrogen-bond donors (Lipinski definition) is 7. The summed E-state index contributed by atoms with van der Waals surface area (Å²) in [5.41, 5.74) is 5.32. The predicted molar refractivity (Wildman–Crippen MR) is 119 cm³/mol. The molecule has 0 fully saturated rings. The van der Waals surface area contributed by atoms with E-state index in [1.165, 1.54) is 0 Å². The van der Waals surface area contributed by atoms with Crippen molar-refractivity contribution in [2.24, 2.45) is 11.7 Å². The van der Waals surface area contributed by atoms with Crippen molar-refractivity contribution < 1.29 is 48.9 Å². The van der Waals surface area contributed by atoms with E-state index in [0.717, 1.165) is 11.8 Å². The van der Waals surface area contributed by atoms with Gasteiger partial charge in [-0.2, -0.15) is 11.8 Å². The second-order valence-corrected chi connectivity index (χ2v) is 8.36. The fraction of sp³-hybridized carbons (Fsp3) is 0.632. The fourth-order valence-corrected chi connectivity index (χ4v) is 3.29. The van der Waals surface area contributed by atoms with E-state index in [9.17, 15) is 38.7 Å². The van der Waals surface area contributed by atoms with Crippen molar-refractivity contribution in [1.29, 1.82) is 0 Å². The molecule has 0 aliphatic heterocycles. The Balaban J connectivity index is 4.96. The third-order valence-corrected chi connectivity index (χ3v) is 5.64. The average molecular weight is 507 g/mol. The van der Waals surface area contributed by atoms with Crippen LogP contribution in [0.4, 0.5) is 0 Å². The van der Waals surface area contributed by atoms with Crippen molar-refractivity contribution in [3.8, 4) is 0 Å². The maximum atomic E-state index is 12.2. The van der Waals surface area contributed by atoms with Gasteiger partial charge in [-0.25, -0.2) is 4.79 Å². The summed E-state index contributed by atoms with van der Waals surface area (Å²) >= 11 is 0.782. The number of carbonyl (C=O) groups is 7. The van der Waals surface area contributed by atoms with E-state index in [1.54, 1.807) is 13.8 Å². The molecule has 4 atom stereocenters. The molecule has 0 aromatic carbocycles. The van der Waals surface area contributed by atoms with Gasteiger partial charge in [0.1, 0.15) is 24.7 Å². The van der Waals surface area contributed by atoms with Crippen LogP contribution in [0.15, 0.2) is 0 Å². The zero-order valence-corrected chi connectivity index (χ0v) is 19.6. The molecule has 14 nitrogen and oxygen atoms in total. The molecule has 0 spiro atoms. The average Bonchev–Trinajstić information content (AvgIpc) is 2.77. The van der Waals surface area contributed by atoms with Gasteiger partial charge in [0, 0.05) is 12.2 Å². The molecule has 0 bridgehead atoms.